The molecule has 0 aromatic carbocycles. The Morgan fingerprint density at radius 1 is 1.62 bits per heavy atom. The molecule has 2 heterocycles. The van der Waals surface area contributed by atoms with Crippen LogP contribution < -0.4 is 10.1 Å². The second-order valence-electron chi connectivity index (χ2n) is 2.73. The molecule has 2 rings (SSSR count). The fourth-order valence-corrected chi connectivity index (χ4v) is 2.28. The van der Waals surface area contributed by atoms with Crippen molar-refractivity contribution in [1.82, 2.24) is 15.2 Å². The van der Waals surface area contributed by atoms with Gasteiger partial charge in [-0.2, -0.15) is 4.98 Å². The molecule has 8 heteroatoms. The number of nitrogens with one attached hydrogen (secondary N) is 2. The van der Waals surface area contributed by atoms with Crippen molar-refractivity contribution in [2.24, 2.45) is 0 Å². The number of aromatic nitrogens is 3. The number of thiophene rings is 1. The van der Waals surface area contributed by atoms with Crippen LogP contribution in [0.5, 0.6) is 6.01 Å². The minimum atomic E-state index is -0.241. The summed E-state index contributed by atoms with van der Waals surface area (Å²) in [7, 11) is 1.45. The molecular weight excluding hydrogens is 296 g/mol. The predicted octanol–water partition coefficient (Wildman–Crippen LogP) is 1.89. The Labute approximate surface area is 103 Å². The van der Waals surface area contributed by atoms with Crippen molar-refractivity contribution >= 4 is 39.1 Å². The normalized spacial score (nSPS) is 10.1. The van der Waals surface area contributed by atoms with Gasteiger partial charge in [-0.3, -0.25) is 10.1 Å². The van der Waals surface area contributed by atoms with Crippen LogP contribution in [0.15, 0.2) is 15.9 Å². The molecule has 0 saturated heterocycles. The van der Waals surface area contributed by atoms with Crippen molar-refractivity contribution in [1.29, 1.82) is 0 Å². The summed E-state index contributed by atoms with van der Waals surface area (Å²) >= 11 is 4.62. The first-order valence-corrected chi connectivity index (χ1v) is 5.83. The Morgan fingerprint density at radius 3 is 3.00 bits per heavy atom. The van der Waals surface area contributed by atoms with Crippen LogP contribution in [0.4, 0.5) is 5.95 Å². The first-order valence-electron chi connectivity index (χ1n) is 4.22. The van der Waals surface area contributed by atoms with E-state index in [4.69, 9.17) is 4.74 Å². The van der Waals surface area contributed by atoms with Crippen LogP contribution in [-0.4, -0.2) is 28.2 Å². The quantitative estimate of drug-likeness (QED) is 0.907. The van der Waals surface area contributed by atoms with Gasteiger partial charge in [-0.25, -0.2) is 5.10 Å². The molecule has 0 aliphatic heterocycles. The van der Waals surface area contributed by atoms with Gasteiger partial charge in [0.25, 0.3) is 5.91 Å². The molecule has 0 fully saturated rings. The molecule has 0 aliphatic carbocycles. The van der Waals surface area contributed by atoms with Crippen molar-refractivity contribution in [2.45, 2.75) is 0 Å². The van der Waals surface area contributed by atoms with Gasteiger partial charge in [-0.05, 0) is 28.1 Å². The van der Waals surface area contributed by atoms with E-state index in [-0.39, 0.29) is 17.9 Å². The number of ether oxygens (including phenoxy) is 1. The highest BCUT2D eigenvalue weighted by molar-refractivity contribution is 9.11. The van der Waals surface area contributed by atoms with Crippen molar-refractivity contribution in [3.8, 4) is 6.01 Å². The Bertz CT molecular complexity index is 510. The average molecular weight is 303 g/mol. The van der Waals surface area contributed by atoms with E-state index in [2.05, 4.69) is 36.4 Å². The smallest absolute Gasteiger partial charge is 0.336 e. The lowest BCUT2D eigenvalue weighted by Gasteiger charge is -1.96. The van der Waals surface area contributed by atoms with E-state index in [1.165, 1.54) is 18.4 Å². The van der Waals surface area contributed by atoms with E-state index in [1.54, 1.807) is 12.1 Å². The minimum Gasteiger partial charge on any atom is -0.466 e. The number of methoxy groups -OCH3 is 1. The summed E-state index contributed by atoms with van der Waals surface area (Å²) in [5.41, 5.74) is 0. The first-order chi connectivity index (χ1) is 7.69. The molecule has 0 unspecified atom stereocenters. The monoisotopic (exact) mass is 302 g/mol. The van der Waals surface area contributed by atoms with E-state index < -0.39 is 0 Å². The number of hydrogen-bond donors (Lipinski definition) is 2. The van der Waals surface area contributed by atoms with Gasteiger partial charge in [0.1, 0.15) is 0 Å². The van der Waals surface area contributed by atoms with Gasteiger partial charge in [0, 0.05) is 0 Å². The molecule has 0 spiro atoms. The number of aromatic amines is 1. The third kappa shape index (κ3) is 2.39. The van der Waals surface area contributed by atoms with E-state index in [0.717, 1.165) is 3.79 Å². The topological polar surface area (TPSA) is 79.9 Å². The summed E-state index contributed by atoms with van der Waals surface area (Å²) in [4.78, 5) is 16.1. The minimum absolute atomic E-state index is 0.183. The van der Waals surface area contributed by atoms with Crippen molar-refractivity contribution in [3.63, 3.8) is 0 Å². The van der Waals surface area contributed by atoms with Crippen LogP contribution in [0.25, 0.3) is 0 Å². The summed E-state index contributed by atoms with van der Waals surface area (Å²) in [6.07, 6.45) is 0. The molecule has 6 nitrogen and oxygen atoms in total. The lowest BCUT2D eigenvalue weighted by atomic mass is 10.4. The molecule has 2 N–H and O–H groups in total. The van der Waals surface area contributed by atoms with E-state index in [1.807, 2.05) is 0 Å². The molecular formula is C8H7BrN4O2S. The fourth-order valence-electron chi connectivity index (χ4n) is 0.999. The molecule has 16 heavy (non-hydrogen) atoms. The number of amides is 1. The highest BCUT2D eigenvalue weighted by Crippen LogP contribution is 2.22. The van der Waals surface area contributed by atoms with Gasteiger partial charge in [-0.1, -0.05) is 0 Å². The SMILES string of the molecule is COc1n[nH]c(NC(=O)c2ccc(Br)s2)n1. The second kappa shape index (κ2) is 4.62. The second-order valence-corrected chi connectivity index (χ2v) is 5.19. The van der Waals surface area contributed by atoms with Crippen molar-refractivity contribution in [2.75, 3.05) is 12.4 Å². The van der Waals surface area contributed by atoms with E-state index in [9.17, 15) is 4.79 Å². The Morgan fingerprint density at radius 2 is 2.44 bits per heavy atom. The first kappa shape index (κ1) is 11.1. The van der Waals surface area contributed by atoms with Crippen molar-refractivity contribution in [3.05, 3.63) is 20.8 Å². The zero-order chi connectivity index (χ0) is 11.5. The number of hydrogen-bond acceptors (Lipinski definition) is 5. The van der Waals surface area contributed by atoms with Crippen LogP contribution in [0, 0.1) is 0 Å². The zero-order valence-corrected chi connectivity index (χ0v) is 10.6. The maximum absolute atomic E-state index is 11.7. The van der Waals surface area contributed by atoms with Crippen LogP contribution in [0.2, 0.25) is 0 Å². The molecule has 2 aromatic rings. The van der Waals surface area contributed by atoms with Gasteiger partial charge in [0.2, 0.25) is 5.95 Å². The number of nitrogens with zero attached hydrogens (tertiary/aromatic N) is 2. The van der Waals surface area contributed by atoms with E-state index >= 15 is 0 Å². The summed E-state index contributed by atoms with van der Waals surface area (Å²) < 4.78 is 5.67. The van der Waals surface area contributed by atoms with Gasteiger partial charge in [-0.15, -0.1) is 16.4 Å². The highest BCUT2D eigenvalue weighted by atomic mass is 79.9. The van der Waals surface area contributed by atoms with Crippen LogP contribution in [-0.2, 0) is 0 Å². The lowest BCUT2D eigenvalue weighted by Crippen LogP contribution is -2.11. The number of carbonyl (C=O) groups excluding carboxylic acids is 1. The van der Waals surface area contributed by atoms with Gasteiger partial charge in [0.15, 0.2) is 0 Å². The Balaban J connectivity index is 2.07. The van der Waals surface area contributed by atoms with Crippen molar-refractivity contribution < 1.29 is 9.53 Å². The molecule has 1 amide bonds. The lowest BCUT2D eigenvalue weighted by molar-refractivity contribution is 0.102. The number of halogens is 1. The predicted molar refractivity (Wildman–Crippen MR) is 62.9 cm³/mol. The Hall–Kier alpha value is -1.41. The largest absolute Gasteiger partial charge is 0.466 e. The molecule has 84 valence electrons. The van der Waals surface area contributed by atoms with Gasteiger partial charge in [0.05, 0.1) is 15.8 Å². The summed E-state index contributed by atoms with van der Waals surface area (Å²) in [6, 6.07) is 3.71. The molecule has 0 bridgehead atoms. The van der Waals surface area contributed by atoms with Gasteiger partial charge >= 0.3 is 6.01 Å². The number of H-pyrrole nitrogens is 1. The highest BCUT2D eigenvalue weighted by Gasteiger charge is 2.11. The van der Waals surface area contributed by atoms with Crippen LogP contribution in [0.1, 0.15) is 9.67 Å². The average Bonchev–Trinajstić information content (AvgIpc) is 2.87. The van der Waals surface area contributed by atoms with Gasteiger partial charge < -0.3 is 4.74 Å². The maximum Gasteiger partial charge on any atom is 0.336 e. The standard InChI is InChI=1S/C8H7BrN4O2S/c1-15-8-11-7(12-13-8)10-6(14)4-2-3-5(9)16-4/h2-3H,1H3,(H2,10,11,12,13,14). The summed E-state index contributed by atoms with van der Waals surface area (Å²) in [5, 5.41) is 8.81. The molecule has 2 aromatic heterocycles. The molecule has 0 aliphatic rings. The number of rotatable bonds is 3. The summed E-state index contributed by atoms with van der Waals surface area (Å²) in [6.45, 7) is 0. The molecule has 0 atom stereocenters. The summed E-state index contributed by atoms with van der Waals surface area (Å²) in [5.74, 6) is 0.0147. The number of anilines is 1. The third-order valence-electron chi connectivity index (χ3n) is 1.68. The zero-order valence-electron chi connectivity index (χ0n) is 8.15. The molecule has 0 saturated carbocycles. The number of carbonyl (C=O) groups is 1. The maximum atomic E-state index is 11.7. The molecule has 0 radical (unpaired) electrons. The van der Waals surface area contributed by atoms with Crippen LogP contribution >= 0.6 is 27.3 Å². The van der Waals surface area contributed by atoms with Crippen LogP contribution in [0.3, 0.4) is 0 Å². The van der Waals surface area contributed by atoms with E-state index in [0.29, 0.717) is 4.88 Å². The Kier molecular flexibility index (Phi) is 3.20. The third-order valence-corrected chi connectivity index (χ3v) is 3.30. The fraction of sp³-hybridized carbons (Fsp3) is 0.125.